The van der Waals surface area contributed by atoms with Crippen molar-refractivity contribution in [1.82, 2.24) is 19.3 Å². The Labute approximate surface area is 199 Å². The number of aromatic nitrogens is 4. The van der Waals surface area contributed by atoms with E-state index in [4.69, 9.17) is 21.1 Å². The third-order valence-corrected chi connectivity index (χ3v) is 6.35. The molecule has 3 heterocycles. The maximum absolute atomic E-state index is 12.6. The lowest BCUT2D eigenvalue weighted by Gasteiger charge is -2.11. The van der Waals surface area contributed by atoms with Crippen LogP contribution in [0.5, 0.6) is 11.5 Å². The van der Waals surface area contributed by atoms with Gasteiger partial charge in [0.05, 0.1) is 5.75 Å². The van der Waals surface area contributed by atoms with E-state index in [-0.39, 0.29) is 18.5 Å². The van der Waals surface area contributed by atoms with Crippen LogP contribution in [0, 0.1) is 0 Å². The van der Waals surface area contributed by atoms with Crippen molar-refractivity contribution in [2.24, 2.45) is 7.05 Å². The third-order valence-electron chi connectivity index (χ3n) is 5.16. The molecule has 33 heavy (non-hydrogen) atoms. The van der Waals surface area contributed by atoms with E-state index in [0.29, 0.717) is 33.8 Å². The lowest BCUT2D eigenvalue weighted by atomic mass is 10.2. The van der Waals surface area contributed by atoms with E-state index in [1.54, 1.807) is 18.2 Å². The van der Waals surface area contributed by atoms with E-state index in [1.807, 2.05) is 58.8 Å². The Morgan fingerprint density at radius 2 is 1.94 bits per heavy atom. The van der Waals surface area contributed by atoms with Crippen LogP contribution in [0.4, 0.5) is 5.69 Å². The molecule has 1 aliphatic rings. The number of carbonyl (C=O) groups excluding carboxylic acids is 1. The number of hydrogen-bond donors (Lipinski definition) is 1. The molecule has 0 atom stereocenters. The zero-order valence-electron chi connectivity index (χ0n) is 17.7. The topological polar surface area (TPSA) is 83.2 Å². The average molecular weight is 482 g/mol. The number of fused-ring (bicyclic) bond motifs is 1. The quantitative estimate of drug-likeness (QED) is 0.396. The lowest BCUT2D eigenvalue weighted by molar-refractivity contribution is -0.113. The second kappa shape index (κ2) is 9.21. The van der Waals surface area contributed by atoms with Gasteiger partial charge in [0, 0.05) is 47.8 Å². The summed E-state index contributed by atoms with van der Waals surface area (Å²) in [6.07, 6.45) is 2.59. The predicted molar refractivity (Wildman–Crippen MR) is 127 cm³/mol. The minimum Gasteiger partial charge on any atom is -0.454 e. The van der Waals surface area contributed by atoms with Crippen molar-refractivity contribution in [1.29, 1.82) is 0 Å². The number of halogens is 1. The number of carbonyl (C=O) groups is 1. The van der Waals surface area contributed by atoms with E-state index < -0.39 is 0 Å². The molecule has 1 amide bonds. The highest BCUT2D eigenvalue weighted by molar-refractivity contribution is 7.99. The van der Waals surface area contributed by atoms with Gasteiger partial charge in [0.2, 0.25) is 12.7 Å². The number of aryl methyl sites for hydroxylation is 1. The molecular weight excluding hydrogens is 462 g/mol. The maximum atomic E-state index is 12.6. The van der Waals surface area contributed by atoms with Crippen LogP contribution in [0.3, 0.4) is 0 Å². The first kappa shape index (κ1) is 21.4. The summed E-state index contributed by atoms with van der Waals surface area (Å²) in [6, 6.07) is 16.8. The van der Waals surface area contributed by atoms with Crippen molar-refractivity contribution < 1.29 is 14.3 Å². The summed E-state index contributed by atoms with van der Waals surface area (Å²) in [5.41, 5.74) is 2.63. The number of nitrogens with one attached hydrogen (secondary N) is 1. The predicted octanol–water partition coefficient (Wildman–Crippen LogP) is 4.31. The van der Waals surface area contributed by atoms with E-state index in [1.165, 1.54) is 11.8 Å². The molecule has 0 unspecified atom stereocenters. The first-order chi connectivity index (χ1) is 16.1. The zero-order chi connectivity index (χ0) is 22.8. The molecule has 0 bridgehead atoms. The van der Waals surface area contributed by atoms with Crippen LogP contribution < -0.4 is 14.8 Å². The molecule has 4 aromatic rings. The molecule has 168 valence electrons. The summed E-state index contributed by atoms with van der Waals surface area (Å²) in [7, 11) is 1.99. The molecular formula is C23H20ClN5O3S. The van der Waals surface area contributed by atoms with Gasteiger partial charge in [-0.05, 0) is 48.5 Å². The van der Waals surface area contributed by atoms with Gasteiger partial charge in [-0.15, -0.1) is 10.2 Å². The number of rotatable bonds is 7. The Bertz CT molecular complexity index is 1300. The Morgan fingerprint density at radius 3 is 2.73 bits per heavy atom. The summed E-state index contributed by atoms with van der Waals surface area (Å²) in [5, 5.41) is 12.9. The first-order valence-corrected chi connectivity index (χ1v) is 11.6. The number of amides is 1. The summed E-state index contributed by atoms with van der Waals surface area (Å²) < 4.78 is 14.7. The third kappa shape index (κ3) is 4.69. The Kier molecular flexibility index (Phi) is 5.97. The van der Waals surface area contributed by atoms with Gasteiger partial charge in [-0.3, -0.25) is 9.36 Å². The molecule has 2 aromatic carbocycles. The van der Waals surface area contributed by atoms with Crippen LogP contribution in [0.25, 0.3) is 5.69 Å². The van der Waals surface area contributed by atoms with Crippen molar-refractivity contribution in [3.05, 3.63) is 77.3 Å². The SMILES string of the molecule is Cn1cccc1Cc1nnc(SCC(=O)Nc2ccc3c(c2)OCO3)n1-c1ccc(Cl)cc1. The van der Waals surface area contributed by atoms with Gasteiger partial charge in [-0.2, -0.15) is 0 Å². The fourth-order valence-electron chi connectivity index (χ4n) is 3.50. The van der Waals surface area contributed by atoms with Crippen molar-refractivity contribution >= 4 is 35.0 Å². The van der Waals surface area contributed by atoms with E-state index in [9.17, 15) is 4.79 Å². The molecule has 0 aliphatic carbocycles. The van der Waals surface area contributed by atoms with Crippen LogP contribution in [-0.2, 0) is 18.3 Å². The van der Waals surface area contributed by atoms with Gasteiger partial charge in [0.15, 0.2) is 16.7 Å². The van der Waals surface area contributed by atoms with E-state index in [0.717, 1.165) is 17.2 Å². The van der Waals surface area contributed by atoms with Crippen molar-refractivity contribution in [3.8, 4) is 17.2 Å². The Balaban J connectivity index is 1.34. The maximum Gasteiger partial charge on any atom is 0.234 e. The summed E-state index contributed by atoms with van der Waals surface area (Å²) in [4.78, 5) is 12.6. The van der Waals surface area contributed by atoms with Gasteiger partial charge >= 0.3 is 0 Å². The fourth-order valence-corrected chi connectivity index (χ4v) is 4.40. The largest absolute Gasteiger partial charge is 0.454 e. The van der Waals surface area contributed by atoms with Crippen LogP contribution in [0.15, 0.2) is 66.0 Å². The zero-order valence-corrected chi connectivity index (χ0v) is 19.3. The molecule has 0 saturated heterocycles. The molecule has 1 N–H and O–H groups in total. The van der Waals surface area contributed by atoms with Gasteiger partial charge < -0.3 is 19.4 Å². The molecule has 0 saturated carbocycles. The number of anilines is 1. The standard InChI is InChI=1S/C23H20ClN5O3S/c1-28-10-2-3-18(28)12-21-26-27-23(29(21)17-7-4-15(24)5-8-17)33-13-22(30)25-16-6-9-19-20(11-16)32-14-31-19/h2-11H,12-14H2,1H3,(H,25,30). The monoisotopic (exact) mass is 481 g/mol. The first-order valence-electron chi connectivity index (χ1n) is 10.2. The lowest BCUT2D eigenvalue weighted by Crippen LogP contribution is -2.14. The average Bonchev–Trinajstić information content (AvgIpc) is 3.53. The smallest absolute Gasteiger partial charge is 0.234 e. The molecule has 0 radical (unpaired) electrons. The van der Waals surface area contributed by atoms with Crippen LogP contribution in [-0.4, -0.2) is 37.8 Å². The van der Waals surface area contributed by atoms with Crippen LogP contribution in [0.2, 0.25) is 5.02 Å². The number of benzene rings is 2. The Morgan fingerprint density at radius 1 is 1.12 bits per heavy atom. The van der Waals surface area contributed by atoms with Gasteiger partial charge in [-0.1, -0.05) is 23.4 Å². The van der Waals surface area contributed by atoms with Crippen LogP contribution >= 0.6 is 23.4 Å². The summed E-state index contributed by atoms with van der Waals surface area (Å²) in [6.45, 7) is 0.189. The van der Waals surface area contributed by atoms with E-state index >= 15 is 0 Å². The van der Waals surface area contributed by atoms with E-state index in [2.05, 4.69) is 15.5 Å². The molecule has 2 aromatic heterocycles. The number of hydrogen-bond acceptors (Lipinski definition) is 6. The minimum absolute atomic E-state index is 0.159. The molecule has 5 rings (SSSR count). The van der Waals surface area contributed by atoms with Gasteiger partial charge in [0.1, 0.15) is 5.82 Å². The fraction of sp³-hybridized carbons (Fsp3) is 0.174. The second-order valence-corrected chi connectivity index (χ2v) is 8.78. The Hall–Kier alpha value is -3.43. The molecule has 10 heteroatoms. The second-order valence-electron chi connectivity index (χ2n) is 7.40. The minimum atomic E-state index is -0.159. The van der Waals surface area contributed by atoms with Crippen molar-refractivity contribution in [2.75, 3.05) is 17.9 Å². The highest BCUT2D eigenvalue weighted by Gasteiger charge is 2.18. The van der Waals surface area contributed by atoms with Crippen molar-refractivity contribution in [3.63, 3.8) is 0 Å². The highest BCUT2D eigenvalue weighted by Crippen LogP contribution is 2.34. The molecule has 0 spiro atoms. The summed E-state index contributed by atoms with van der Waals surface area (Å²) in [5.74, 6) is 2.08. The normalized spacial score (nSPS) is 12.2. The summed E-state index contributed by atoms with van der Waals surface area (Å²) >= 11 is 7.40. The van der Waals surface area contributed by atoms with Gasteiger partial charge in [-0.25, -0.2) is 0 Å². The number of thioether (sulfide) groups is 1. The van der Waals surface area contributed by atoms with Gasteiger partial charge in [0.25, 0.3) is 0 Å². The van der Waals surface area contributed by atoms with Crippen molar-refractivity contribution in [2.45, 2.75) is 11.6 Å². The molecule has 1 aliphatic heterocycles. The molecule has 0 fully saturated rings. The number of nitrogens with zero attached hydrogens (tertiary/aromatic N) is 4. The highest BCUT2D eigenvalue weighted by atomic mass is 35.5. The number of ether oxygens (including phenoxy) is 2. The molecule has 8 nitrogen and oxygen atoms in total. The van der Waals surface area contributed by atoms with Crippen LogP contribution in [0.1, 0.15) is 11.5 Å².